The Hall–Kier alpha value is -2.11. The van der Waals surface area contributed by atoms with E-state index < -0.39 is 0 Å². The molecule has 3 heterocycles. The second-order valence-corrected chi connectivity index (χ2v) is 5.20. The van der Waals surface area contributed by atoms with Crippen LogP contribution in [0.4, 0.5) is 0 Å². The van der Waals surface area contributed by atoms with E-state index in [1.807, 2.05) is 21.8 Å². The number of hydrogen-bond acceptors (Lipinski definition) is 4. The fraction of sp³-hybridized carbons (Fsp3) is 0.500. The molecule has 1 atom stereocenters. The first-order valence-corrected chi connectivity index (χ1v) is 6.96. The molecule has 2 aromatic heterocycles. The molecule has 0 saturated carbocycles. The molecule has 1 fully saturated rings. The molecule has 0 bridgehead atoms. The molecule has 0 N–H and O–H groups in total. The third-order valence-electron chi connectivity index (χ3n) is 3.69. The molecule has 0 unspecified atom stereocenters. The van der Waals surface area contributed by atoms with Crippen LogP contribution in [0.1, 0.15) is 35.5 Å². The average molecular weight is 274 g/mol. The summed E-state index contributed by atoms with van der Waals surface area (Å²) < 4.78 is 6.88. The summed E-state index contributed by atoms with van der Waals surface area (Å²) >= 11 is 0. The maximum Gasteiger partial charge on any atom is 0.276 e. The second-order valence-electron chi connectivity index (χ2n) is 5.20. The van der Waals surface area contributed by atoms with Crippen molar-refractivity contribution in [1.82, 2.24) is 19.8 Å². The Morgan fingerprint density at radius 1 is 1.50 bits per heavy atom. The smallest absolute Gasteiger partial charge is 0.276 e. The minimum Gasteiger partial charge on any atom is -0.361 e. The molecular weight excluding hydrogens is 256 g/mol. The molecule has 0 spiro atoms. The van der Waals surface area contributed by atoms with Crippen LogP contribution in [0.2, 0.25) is 0 Å². The quantitative estimate of drug-likeness (QED) is 0.857. The summed E-state index contributed by atoms with van der Waals surface area (Å²) in [5, 5.41) is 8.06. The van der Waals surface area contributed by atoms with E-state index in [0.717, 1.165) is 32.4 Å². The van der Waals surface area contributed by atoms with Gasteiger partial charge in [-0.3, -0.25) is 9.48 Å². The van der Waals surface area contributed by atoms with Crippen molar-refractivity contribution in [2.24, 2.45) is 0 Å². The predicted octanol–water partition coefficient (Wildman–Crippen LogP) is 1.87. The van der Waals surface area contributed by atoms with Crippen molar-refractivity contribution in [2.45, 2.75) is 38.8 Å². The van der Waals surface area contributed by atoms with E-state index in [1.165, 1.54) is 0 Å². The van der Waals surface area contributed by atoms with Crippen LogP contribution in [0, 0.1) is 6.92 Å². The lowest BCUT2D eigenvalue weighted by Gasteiger charge is -2.35. The van der Waals surface area contributed by atoms with Crippen LogP contribution in [0.25, 0.3) is 0 Å². The number of likely N-dealkylation sites (tertiary alicyclic amines) is 1. The second kappa shape index (κ2) is 5.48. The lowest BCUT2D eigenvalue weighted by atomic mass is 10.0. The van der Waals surface area contributed by atoms with Gasteiger partial charge in [0.1, 0.15) is 5.76 Å². The summed E-state index contributed by atoms with van der Waals surface area (Å²) in [5.41, 5.74) is 0.398. The van der Waals surface area contributed by atoms with Gasteiger partial charge in [0.2, 0.25) is 0 Å². The summed E-state index contributed by atoms with van der Waals surface area (Å²) in [6, 6.07) is 3.77. The molecule has 0 aliphatic carbocycles. The van der Waals surface area contributed by atoms with Crippen LogP contribution in [0.5, 0.6) is 0 Å². The summed E-state index contributed by atoms with van der Waals surface area (Å²) in [4.78, 5) is 14.4. The van der Waals surface area contributed by atoms with E-state index in [2.05, 4.69) is 10.3 Å². The first-order chi connectivity index (χ1) is 9.74. The SMILES string of the molecule is Cc1cc(C(=O)N2CCCC[C@@H]2Cn2cccn2)no1. The number of rotatable bonds is 3. The van der Waals surface area contributed by atoms with Crippen LogP contribution in [-0.2, 0) is 6.54 Å². The van der Waals surface area contributed by atoms with E-state index in [-0.39, 0.29) is 11.9 Å². The first-order valence-electron chi connectivity index (χ1n) is 6.96. The molecule has 6 nitrogen and oxygen atoms in total. The third-order valence-corrected chi connectivity index (χ3v) is 3.69. The highest BCUT2D eigenvalue weighted by molar-refractivity contribution is 5.92. The molecule has 106 valence electrons. The minimum atomic E-state index is -0.0429. The number of aryl methyl sites for hydroxylation is 1. The number of carbonyl (C=O) groups excluding carboxylic acids is 1. The van der Waals surface area contributed by atoms with Crippen LogP contribution < -0.4 is 0 Å². The predicted molar refractivity (Wildman–Crippen MR) is 72.1 cm³/mol. The number of amides is 1. The van der Waals surface area contributed by atoms with Gasteiger partial charge in [0.25, 0.3) is 5.91 Å². The van der Waals surface area contributed by atoms with Crippen molar-refractivity contribution >= 4 is 5.91 Å². The minimum absolute atomic E-state index is 0.0429. The van der Waals surface area contributed by atoms with E-state index in [0.29, 0.717) is 11.5 Å². The highest BCUT2D eigenvalue weighted by Gasteiger charge is 2.29. The molecule has 1 aliphatic rings. The Kier molecular flexibility index (Phi) is 3.54. The number of carbonyl (C=O) groups is 1. The molecule has 1 saturated heterocycles. The zero-order valence-corrected chi connectivity index (χ0v) is 11.5. The van der Waals surface area contributed by atoms with Gasteiger partial charge in [-0.05, 0) is 32.3 Å². The lowest BCUT2D eigenvalue weighted by molar-refractivity contribution is 0.0573. The van der Waals surface area contributed by atoms with E-state index in [1.54, 1.807) is 19.2 Å². The lowest BCUT2D eigenvalue weighted by Crippen LogP contribution is -2.46. The average Bonchev–Trinajstić information content (AvgIpc) is 3.10. The summed E-state index contributed by atoms with van der Waals surface area (Å²) in [6.07, 6.45) is 6.88. The first kappa shape index (κ1) is 12.9. The molecular formula is C14H18N4O2. The monoisotopic (exact) mass is 274 g/mol. The standard InChI is InChI=1S/C14H18N4O2/c1-11-9-13(16-20-11)14(19)18-8-3-2-5-12(18)10-17-7-4-6-15-17/h4,6-7,9,12H,2-3,5,8,10H2,1H3/t12-/m1/s1. The Morgan fingerprint density at radius 3 is 3.10 bits per heavy atom. The van der Waals surface area contributed by atoms with Crippen LogP contribution in [-0.4, -0.2) is 38.3 Å². The van der Waals surface area contributed by atoms with Gasteiger partial charge in [0.05, 0.1) is 12.6 Å². The van der Waals surface area contributed by atoms with Crippen molar-refractivity contribution < 1.29 is 9.32 Å². The molecule has 20 heavy (non-hydrogen) atoms. The largest absolute Gasteiger partial charge is 0.361 e. The van der Waals surface area contributed by atoms with E-state index in [9.17, 15) is 4.79 Å². The molecule has 0 aromatic carbocycles. The summed E-state index contributed by atoms with van der Waals surface area (Å²) in [6.45, 7) is 3.30. The zero-order chi connectivity index (χ0) is 13.9. The Bertz CT molecular complexity index is 576. The van der Waals surface area contributed by atoms with Crippen molar-refractivity contribution in [1.29, 1.82) is 0 Å². The van der Waals surface area contributed by atoms with Crippen molar-refractivity contribution in [2.75, 3.05) is 6.54 Å². The van der Waals surface area contributed by atoms with Gasteiger partial charge < -0.3 is 9.42 Å². The van der Waals surface area contributed by atoms with Crippen molar-refractivity contribution in [3.8, 4) is 0 Å². The number of hydrogen-bond donors (Lipinski definition) is 0. The molecule has 3 rings (SSSR count). The third kappa shape index (κ3) is 2.59. The Labute approximate surface area is 117 Å². The molecule has 0 radical (unpaired) electrons. The molecule has 6 heteroatoms. The summed E-state index contributed by atoms with van der Waals surface area (Å²) in [7, 11) is 0. The molecule has 1 amide bonds. The van der Waals surface area contributed by atoms with Gasteiger partial charge in [-0.1, -0.05) is 5.16 Å². The van der Waals surface area contributed by atoms with E-state index >= 15 is 0 Å². The topological polar surface area (TPSA) is 64.2 Å². The van der Waals surface area contributed by atoms with E-state index in [4.69, 9.17) is 4.52 Å². The highest BCUT2D eigenvalue weighted by atomic mass is 16.5. The summed E-state index contributed by atoms with van der Waals surface area (Å²) in [5.74, 6) is 0.618. The fourth-order valence-corrected chi connectivity index (χ4v) is 2.70. The Morgan fingerprint density at radius 2 is 2.40 bits per heavy atom. The van der Waals surface area contributed by atoms with Gasteiger partial charge in [0.15, 0.2) is 5.69 Å². The number of nitrogens with zero attached hydrogens (tertiary/aromatic N) is 4. The highest BCUT2D eigenvalue weighted by Crippen LogP contribution is 2.21. The van der Waals surface area contributed by atoms with Gasteiger partial charge in [-0.15, -0.1) is 0 Å². The number of piperidine rings is 1. The normalized spacial score (nSPS) is 19.2. The zero-order valence-electron chi connectivity index (χ0n) is 11.5. The van der Waals surface area contributed by atoms with Gasteiger partial charge in [-0.2, -0.15) is 5.10 Å². The molecule has 2 aromatic rings. The van der Waals surface area contributed by atoms with Crippen molar-refractivity contribution in [3.63, 3.8) is 0 Å². The van der Waals surface area contributed by atoms with Gasteiger partial charge >= 0.3 is 0 Å². The van der Waals surface area contributed by atoms with Crippen LogP contribution in [0.15, 0.2) is 29.0 Å². The number of aromatic nitrogens is 3. The maximum absolute atomic E-state index is 12.5. The van der Waals surface area contributed by atoms with Gasteiger partial charge in [0, 0.05) is 25.0 Å². The van der Waals surface area contributed by atoms with Crippen LogP contribution >= 0.6 is 0 Å². The fourth-order valence-electron chi connectivity index (χ4n) is 2.70. The van der Waals surface area contributed by atoms with Gasteiger partial charge in [-0.25, -0.2) is 0 Å². The van der Waals surface area contributed by atoms with Crippen molar-refractivity contribution in [3.05, 3.63) is 36.0 Å². The molecule has 1 aliphatic heterocycles. The Balaban J connectivity index is 1.76. The van der Waals surface area contributed by atoms with Crippen LogP contribution in [0.3, 0.4) is 0 Å². The maximum atomic E-state index is 12.5.